The van der Waals surface area contributed by atoms with Gasteiger partial charge in [-0.25, -0.2) is 0 Å². The van der Waals surface area contributed by atoms with Crippen LogP contribution in [0.1, 0.15) is 6.92 Å². The number of amides is 1. The molecular formula is C14H20Cl2N2O3. The van der Waals surface area contributed by atoms with Crippen LogP contribution in [0.15, 0.2) is 18.2 Å². The molecule has 0 aliphatic rings. The van der Waals surface area contributed by atoms with Gasteiger partial charge in [0.1, 0.15) is 0 Å². The molecule has 0 bridgehead atoms. The Morgan fingerprint density at radius 3 is 2.76 bits per heavy atom. The molecule has 1 amide bonds. The zero-order valence-corrected chi connectivity index (χ0v) is 13.8. The first-order valence-electron chi connectivity index (χ1n) is 6.49. The second kappa shape index (κ2) is 8.56. The average Bonchev–Trinajstić information content (AvgIpc) is 2.43. The van der Waals surface area contributed by atoms with Crippen LogP contribution >= 0.6 is 23.2 Å². The number of rotatable bonds is 7. The number of hydrogen-bond donors (Lipinski definition) is 2. The Kier molecular flexibility index (Phi) is 7.42. The number of hydrogen-bond acceptors (Lipinski definition) is 4. The summed E-state index contributed by atoms with van der Waals surface area (Å²) in [7, 11) is 3.27. The average molecular weight is 335 g/mol. The highest BCUT2D eigenvalue weighted by atomic mass is 35.5. The molecule has 0 saturated carbocycles. The minimum absolute atomic E-state index is 0.221. The number of carbonyl (C=O) groups excluding carboxylic acids is 1. The van der Waals surface area contributed by atoms with Crippen LogP contribution in [0.5, 0.6) is 0 Å². The maximum absolute atomic E-state index is 12.2. The van der Waals surface area contributed by atoms with Crippen molar-refractivity contribution in [2.75, 3.05) is 32.6 Å². The van der Waals surface area contributed by atoms with Crippen LogP contribution < -0.4 is 5.32 Å². The molecule has 1 aromatic carbocycles. The zero-order valence-electron chi connectivity index (χ0n) is 12.3. The van der Waals surface area contributed by atoms with Gasteiger partial charge < -0.3 is 15.2 Å². The lowest BCUT2D eigenvalue weighted by atomic mass is 10.2. The summed E-state index contributed by atoms with van der Waals surface area (Å²) in [6.45, 7) is 2.29. The number of carbonyl (C=O) groups is 1. The number of aliphatic hydroxyl groups excluding tert-OH is 1. The molecule has 21 heavy (non-hydrogen) atoms. The van der Waals surface area contributed by atoms with Crippen LogP contribution in [0.3, 0.4) is 0 Å². The number of anilines is 1. The molecular weight excluding hydrogens is 315 g/mol. The minimum atomic E-state index is -0.648. The molecule has 0 spiro atoms. The maximum atomic E-state index is 12.2. The lowest BCUT2D eigenvalue weighted by molar-refractivity contribution is -0.120. The van der Waals surface area contributed by atoms with Gasteiger partial charge in [0.25, 0.3) is 0 Å². The van der Waals surface area contributed by atoms with E-state index in [-0.39, 0.29) is 12.5 Å². The quantitative estimate of drug-likeness (QED) is 0.802. The summed E-state index contributed by atoms with van der Waals surface area (Å²) in [6, 6.07) is 4.60. The molecule has 7 heteroatoms. The first-order valence-corrected chi connectivity index (χ1v) is 7.24. The van der Waals surface area contributed by atoms with Crippen LogP contribution in [0.2, 0.25) is 10.0 Å². The van der Waals surface area contributed by atoms with Crippen molar-refractivity contribution in [3.8, 4) is 0 Å². The summed E-state index contributed by atoms with van der Waals surface area (Å²) >= 11 is 11.9. The van der Waals surface area contributed by atoms with Crippen molar-refractivity contribution in [3.05, 3.63) is 28.2 Å². The van der Waals surface area contributed by atoms with Crippen LogP contribution in [0.25, 0.3) is 0 Å². The summed E-state index contributed by atoms with van der Waals surface area (Å²) in [4.78, 5) is 13.9. The molecule has 2 unspecified atom stereocenters. The van der Waals surface area contributed by atoms with Crippen LogP contribution in [-0.4, -0.2) is 55.4 Å². The third-order valence-corrected chi connectivity index (χ3v) is 3.93. The fourth-order valence-electron chi connectivity index (χ4n) is 1.77. The molecule has 1 rings (SSSR count). The van der Waals surface area contributed by atoms with Gasteiger partial charge in [0.05, 0.1) is 34.5 Å². The third kappa shape index (κ3) is 5.45. The monoisotopic (exact) mass is 334 g/mol. The van der Waals surface area contributed by atoms with Crippen molar-refractivity contribution in [3.63, 3.8) is 0 Å². The van der Waals surface area contributed by atoms with Crippen molar-refractivity contribution in [2.24, 2.45) is 0 Å². The number of nitrogens with zero attached hydrogens (tertiary/aromatic N) is 1. The number of ether oxygens (including phenoxy) is 1. The smallest absolute Gasteiger partial charge is 0.241 e. The maximum Gasteiger partial charge on any atom is 0.241 e. The standard InChI is InChI=1S/C14H20Cl2N2O3/c1-9(18(2)7-10(19)8-21-3)14(20)17-12-6-4-5-11(15)13(12)16/h4-6,9-10,19H,7-8H2,1-3H3,(H,17,20). The normalized spacial score (nSPS) is 14.0. The highest BCUT2D eigenvalue weighted by Gasteiger charge is 2.21. The summed E-state index contributed by atoms with van der Waals surface area (Å²) in [6.07, 6.45) is -0.648. The largest absolute Gasteiger partial charge is 0.389 e. The molecule has 118 valence electrons. The number of benzene rings is 1. The Bertz CT molecular complexity index is 485. The van der Waals surface area contributed by atoms with Gasteiger partial charge in [-0.2, -0.15) is 0 Å². The second-order valence-electron chi connectivity index (χ2n) is 4.82. The Morgan fingerprint density at radius 2 is 2.14 bits per heavy atom. The van der Waals surface area contributed by atoms with Crippen molar-refractivity contribution in [1.82, 2.24) is 4.90 Å². The topological polar surface area (TPSA) is 61.8 Å². The SMILES string of the molecule is COCC(O)CN(C)C(C)C(=O)Nc1cccc(Cl)c1Cl. The fourth-order valence-corrected chi connectivity index (χ4v) is 2.12. The molecule has 0 fully saturated rings. The van der Waals surface area contributed by atoms with Crippen LogP contribution in [0.4, 0.5) is 5.69 Å². The second-order valence-corrected chi connectivity index (χ2v) is 5.60. The number of halogens is 2. The van der Waals surface area contributed by atoms with Crippen molar-refractivity contribution < 1.29 is 14.6 Å². The summed E-state index contributed by atoms with van der Waals surface area (Å²) in [5.41, 5.74) is 0.465. The van der Waals surface area contributed by atoms with Gasteiger partial charge in [-0.1, -0.05) is 29.3 Å². The van der Waals surface area contributed by atoms with E-state index in [4.69, 9.17) is 27.9 Å². The van der Waals surface area contributed by atoms with E-state index in [1.165, 1.54) is 7.11 Å². The predicted molar refractivity (Wildman–Crippen MR) is 85.1 cm³/mol. The molecule has 0 aromatic heterocycles. The minimum Gasteiger partial charge on any atom is -0.389 e. The lowest BCUT2D eigenvalue weighted by Crippen LogP contribution is -2.44. The van der Waals surface area contributed by atoms with Crippen molar-refractivity contribution in [1.29, 1.82) is 0 Å². The number of nitrogens with one attached hydrogen (secondary N) is 1. The third-order valence-electron chi connectivity index (χ3n) is 3.11. The van der Waals surface area contributed by atoms with Gasteiger partial charge in [-0.15, -0.1) is 0 Å². The summed E-state index contributed by atoms with van der Waals surface area (Å²) in [5, 5.41) is 13.1. The molecule has 2 N–H and O–H groups in total. The van der Waals surface area contributed by atoms with Crippen molar-refractivity contribution in [2.45, 2.75) is 19.1 Å². The first kappa shape index (κ1) is 18.2. The zero-order chi connectivity index (χ0) is 16.0. The molecule has 0 radical (unpaired) electrons. The Hall–Kier alpha value is -0.850. The summed E-state index contributed by atoms with van der Waals surface area (Å²) < 4.78 is 4.86. The Balaban J connectivity index is 2.64. The predicted octanol–water partition coefficient (Wildman–Crippen LogP) is 2.26. The highest BCUT2D eigenvalue weighted by Crippen LogP contribution is 2.29. The van der Waals surface area contributed by atoms with Crippen molar-refractivity contribution >= 4 is 34.8 Å². The number of likely N-dealkylation sites (N-methyl/N-ethyl adjacent to an activating group) is 1. The van der Waals surface area contributed by atoms with Gasteiger partial charge in [0.15, 0.2) is 0 Å². The van der Waals surface area contributed by atoms with Gasteiger partial charge in [0, 0.05) is 13.7 Å². The fraction of sp³-hybridized carbons (Fsp3) is 0.500. The van der Waals surface area contributed by atoms with Gasteiger partial charge in [0.2, 0.25) is 5.91 Å². The van der Waals surface area contributed by atoms with Gasteiger partial charge >= 0.3 is 0 Å². The van der Waals surface area contributed by atoms with E-state index in [2.05, 4.69) is 5.32 Å². The molecule has 0 heterocycles. The first-order chi connectivity index (χ1) is 9.86. The van der Waals surface area contributed by atoms with E-state index in [0.29, 0.717) is 22.3 Å². The van der Waals surface area contributed by atoms with Crippen LogP contribution in [-0.2, 0) is 9.53 Å². The molecule has 0 aliphatic heterocycles. The van der Waals surface area contributed by atoms with E-state index in [0.717, 1.165) is 0 Å². The Labute approximate surface area is 134 Å². The van der Waals surface area contributed by atoms with Gasteiger partial charge in [-0.3, -0.25) is 9.69 Å². The lowest BCUT2D eigenvalue weighted by Gasteiger charge is -2.26. The van der Waals surface area contributed by atoms with E-state index >= 15 is 0 Å². The Morgan fingerprint density at radius 1 is 1.48 bits per heavy atom. The van der Waals surface area contributed by atoms with E-state index in [1.807, 2.05) is 0 Å². The molecule has 5 nitrogen and oxygen atoms in total. The van der Waals surface area contributed by atoms with E-state index in [9.17, 15) is 9.90 Å². The van der Waals surface area contributed by atoms with E-state index < -0.39 is 12.1 Å². The molecule has 1 aromatic rings. The van der Waals surface area contributed by atoms with E-state index in [1.54, 1.807) is 37.1 Å². The van der Waals surface area contributed by atoms with Gasteiger partial charge in [-0.05, 0) is 26.1 Å². The number of aliphatic hydroxyl groups is 1. The molecule has 2 atom stereocenters. The molecule has 0 aliphatic carbocycles. The highest BCUT2D eigenvalue weighted by molar-refractivity contribution is 6.44. The summed E-state index contributed by atoms with van der Waals surface area (Å²) in [5.74, 6) is -0.230. The van der Waals surface area contributed by atoms with Crippen LogP contribution in [0, 0.1) is 0 Å². The number of methoxy groups -OCH3 is 1. The molecule has 0 saturated heterocycles.